The van der Waals surface area contributed by atoms with Crippen LogP contribution < -0.4 is 9.64 Å². The molecule has 6 rings (SSSR count). The summed E-state index contributed by atoms with van der Waals surface area (Å²) in [4.78, 5) is 40.1. The van der Waals surface area contributed by atoms with Gasteiger partial charge in [0, 0.05) is 24.8 Å². The second kappa shape index (κ2) is 8.20. The van der Waals surface area contributed by atoms with Gasteiger partial charge in [0.2, 0.25) is 11.8 Å². The minimum Gasteiger partial charge on any atom is -0.427 e. The number of rotatable bonds is 4. The molecule has 35 heavy (non-hydrogen) atoms. The van der Waals surface area contributed by atoms with Gasteiger partial charge in [-0.15, -0.1) is 0 Å². The molecule has 0 unspecified atom stereocenters. The predicted molar refractivity (Wildman–Crippen MR) is 132 cm³/mol. The summed E-state index contributed by atoms with van der Waals surface area (Å²) in [5, 5.41) is 0. The van der Waals surface area contributed by atoms with Gasteiger partial charge in [-0.05, 0) is 34.4 Å². The first kappa shape index (κ1) is 21.3. The molecule has 2 amide bonds. The quantitative estimate of drug-likeness (QED) is 0.236. The Morgan fingerprint density at radius 1 is 0.743 bits per heavy atom. The second-order valence-corrected chi connectivity index (χ2v) is 9.15. The number of anilines is 1. The Morgan fingerprint density at radius 3 is 1.80 bits per heavy atom. The van der Waals surface area contributed by atoms with Crippen molar-refractivity contribution in [2.24, 2.45) is 23.7 Å². The number of allylic oxidation sites excluding steroid dienone is 3. The zero-order valence-corrected chi connectivity index (χ0v) is 19.1. The van der Waals surface area contributed by atoms with E-state index in [9.17, 15) is 14.4 Å². The first-order chi connectivity index (χ1) is 17.0. The van der Waals surface area contributed by atoms with Gasteiger partial charge in [0.05, 0.1) is 17.5 Å². The largest absolute Gasteiger partial charge is 0.427 e. The van der Waals surface area contributed by atoms with E-state index >= 15 is 0 Å². The van der Waals surface area contributed by atoms with E-state index < -0.39 is 17.8 Å². The number of nitrogens with zero attached hydrogens (tertiary/aromatic N) is 1. The summed E-state index contributed by atoms with van der Waals surface area (Å²) in [7, 11) is 0. The Bertz CT molecular complexity index is 1330. The fourth-order valence-electron chi connectivity index (χ4n) is 5.91. The van der Waals surface area contributed by atoms with Crippen molar-refractivity contribution in [3.63, 3.8) is 0 Å². The van der Waals surface area contributed by atoms with Gasteiger partial charge in [0.15, 0.2) is 0 Å². The van der Waals surface area contributed by atoms with Gasteiger partial charge >= 0.3 is 5.97 Å². The first-order valence-electron chi connectivity index (χ1n) is 11.7. The number of amides is 2. The highest BCUT2D eigenvalue weighted by atomic mass is 16.5. The predicted octanol–water partition coefficient (Wildman–Crippen LogP) is 5.04. The summed E-state index contributed by atoms with van der Waals surface area (Å²) in [6, 6.07) is 26.9. The van der Waals surface area contributed by atoms with Crippen molar-refractivity contribution < 1.29 is 19.1 Å². The molecule has 4 atom stereocenters. The van der Waals surface area contributed by atoms with Gasteiger partial charge < -0.3 is 4.74 Å². The van der Waals surface area contributed by atoms with Gasteiger partial charge in [-0.1, -0.05) is 78.9 Å². The number of imide groups is 1. The molecular formula is C30H23NO4. The van der Waals surface area contributed by atoms with Crippen molar-refractivity contribution in [1.29, 1.82) is 0 Å². The van der Waals surface area contributed by atoms with E-state index in [1.54, 1.807) is 24.3 Å². The van der Waals surface area contributed by atoms with Crippen LogP contribution in [-0.2, 0) is 14.4 Å². The molecule has 5 heteroatoms. The summed E-state index contributed by atoms with van der Waals surface area (Å²) in [5.41, 5.74) is 4.85. The van der Waals surface area contributed by atoms with Crippen LogP contribution in [0.1, 0.15) is 18.1 Å². The Morgan fingerprint density at radius 2 is 1.29 bits per heavy atom. The Balaban J connectivity index is 1.43. The molecule has 0 aromatic heterocycles. The van der Waals surface area contributed by atoms with Crippen LogP contribution in [0, 0.1) is 23.7 Å². The van der Waals surface area contributed by atoms with Crippen LogP contribution in [-0.4, -0.2) is 17.8 Å². The molecule has 2 aliphatic carbocycles. The van der Waals surface area contributed by atoms with Crippen LogP contribution in [0.15, 0.2) is 103 Å². The van der Waals surface area contributed by atoms with Gasteiger partial charge in [-0.3, -0.25) is 14.4 Å². The number of carbonyl (C=O) groups excluding carboxylic acids is 3. The summed E-state index contributed by atoms with van der Waals surface area (Å²) in [6.07, 6.45) is 4.19. The third-order valence-corrected chi connectivity index (χ3v) is 7.17. The maximum absolute atomic E-state index is 13.7. The molecule has 172 valence electrons. The van der Waals surface area contributed by atoms with Crippen molar-refractivity contribution in [1.82, 2.24) is 0 Å². The van der Waals surface area contributed by atoms with E-state index in [-0.39, 0.29) is 23.7 Å². The normalized spacial score (nSPS) is 24.1. The summed E-state index contributed by atoms with van der Waals surface area (Å²) in [5.74, 6) is -1.70. The molecule has 1 aliphatic heterocycles. The minimum absolute atomic E-state index is 0.140. The van der Waals surface area contributed by atoms with Crippen LogP contribution in [0.4, 0.5) is 5.69 Å². The van der Waals surface area contributed by atoms with Gasteiger partial charge in [-0.2, -0.15) is 0 Å². The SMILES string of the molecule is CC(=O)Oc1cccc(N2C(=O)[C@H]3[C@H](C2=O)[C@H]2C=C[C@H]3C2=C(c2ccccc2)c2ccccc2)c1. The second-order valence-electron chi connectivity index (χ2n) is 9.15. The molecule has 3 aromatic rings. The number of ether oxygens (including phenoxy) is 1. The maximum atomic E-state index is 13.7. The van der Waals surface area contributed by atoms with Crippen LogP contribution in [0.2, 0.25) is 0 Å². The molecule has 0 spiro atoms. The lowest BCUT2D eigenvalue weighted by atomic mass is 9.85. The highest BCUT2D eigenvalue weighted by Crippen LogP contribution is 2.58. The molecule has 5 nitrogen and oxygen atoms in total. The monoisotopic (exact) mass is 461 g/mol. The number of hydrogen-bond acceptors (Lipinski definition) is 4. The smallest absolute Gasteiger partial charge is 0.308 e. The lowest BCUT2D eigenvalue weighted by molar-refractivity contribution is -0.132. The molecule has 2 fully saturated rings. The van der Waals surface area contributed by atoms with E-state index in [0.29, 0.717) is 11.4 Å². The molecule has 0 N–H and O–H groups in total. The lowest BCUT2D eigenvalue weighted by Crippen LogP contribution is -2.33. The summed E-state index contributed by atoms with van der Waals surface area (Å²) >= 11 is 0. The molecule has 2 bridgehead atoms. The van der Waals surface area contributed by atoms with Crippen molar-refractivity contribution in [2.45, 2.75) is 6.92 Å². The average molecular weight is 462 g/mol. The number of benzene rings is 3. The Labute approximate surface area is 203 Å². The van der Waals surface area contributed by atoms with E-state index in [1.165, 1.54) is 11.8 Å². The van der Waals surface area contributed by atoms with Crippen molar-refractivity contribution in [3.05, 3.63) is 114 Å². The average Bonchev–Trinajstić information content (AvgIpc) is 3.49. The Hall–Kier alpha value is -4.25. The van der Waals surface area contributed by atoms with Gasteiger partial charge in [-0.25, -0.2) is 4.90 Å². The first-order valence-corrected chi connectivity index (χ1v) is 11.7. The number of fused-ring (bicyclic) bond motifs is 5. The zero-order valence-electron chi connectivity index (χ0n) is 19.1. The van der Waals surface area contributed by atoms with E-state index in [4.69, 9.17) is 4.74 Å². The van der Waals surface area contributed by atoms with Crippen LogP contribution in [0.25, 0.3) is 5.57 Å². The summed E-state index contributed by atoms with van der Waals surface area (Å²) < 4.78 is 5.17. The molecule has 3 aromatic carbocycles. The van der Waals surface area contributed by atoms with Crippen LogP contribution in [0.3, 0.4) is 0 Å². The van der Waals surface area contributed by atoms with Crippen molar-refractivity contribution in [2.75, 3.05) is 4.90 Å². The lowest BCUT2D eigenvalue weighted by Gasteiger charge is -2.22. The number of carbonyl (C=O) groups is 3. The molecule has 1 saturated heterocycles. The molecule has 3 aliphatic rings. The van der Waals surface area contributed by atoms with Crippen molar-refractivity contribution in [3.8, 4) is 5.75 Å². The van der Waals surface area contributed by atoms with Gasteiger partial charge in [0.25, 0.3) is 0 Å². The zero-order chi connectivity index (χ0) is 24.1. The molecular weight excluding hydrogens is 438 g/mol. The topological polar surface area (TPSA) is 63.7 Å². The highest BCUT2D eigenvalue weighted by molar-refractivity contribution is 6.23. The third-order valence-electron chi connectivity index (χ3n) is 7.17. The fourth-order valence-corrected chi connectivity index (χ4v) is 5.91. The minimum atomic E-state index is -0.454. The molecule has 1 heterocycles. The third kappa shape index (κ3) is 3.35. The summed E-state index contributed by atoms with van der Waals surface area (Å²) in [6.45, 7) is 1.32. The molecule has 1 saturated carbocycles. The van der Waals surface area contributed by atoms with Crippen LogP contribution in [0.5, 0.6) is 5.75 Å². The highest BCUT2D eigenvalue weighted by Gasteiger charge is 2.62. The molecule has 0 radical (unpaired) electrons. The standard InChI is InChI=1S/C30H23NO4/c1-18(32)35-22-14-8-13-21(17-22)31-29(33)27-23-15-16-24(28(27)30(31)34)26(23)25(19-9-4-2-5-10-19)20-11-6-3-7-12-20/h2-17,23-24,27-28H,1H3/t23-,24-,27+,28+/m0/s1. The van der Waals surface area contributed by atoms with Crippen LogP contribution >= 0.6 is 0 Å². The van der Waals surface area contributed by atoms with E-state index in [2.05, 4.69) is 36.4 Å². The van der Waals surface area contributed by atoms with E-state index in [0.717, 1.165) is 22.3 Å². The number of esters is 1. The fraction of sp³-hybridized carbons (Fsp3) is 0.167. The van der Waals surface area contributed by atoms with Gasteiger partial charge in [0.1, 0.15) is 5.75 Å². The maximum Gasteiger partial charge on any atom is 0.308 e. The van der Waals surface area contributed by atoms with E-state index in [1.807, 2.05) is 36.4 Å². The Kier molecular flexibility index (Phi) is 4.99. The number of hydrogen-bond donors (Lipinski definition) is 0. The van der Waals surface area contributed by atoms with Crippen molar-refractivity contribution >= 4 is 29.0 Å².